The molecule has 2 aromatic carbocycles. The summed E-state index contributed by atoms with van der Waals surface area (Å²) < 4.78 is 2.38. The fourth-order valence-electron chi connectivity index (χ4n) is 1.50. The molecule has 0 saturated heterocycles. The number of hydrogen-bond acceptors (Lipinski definition) is 3. The molecule has 4 nitrogen and oxygen atoms in total. The van der Waals surface area contributed by atoms with Crippen LogP contribution in [0.2, 0.25) is 0 Å². The fourth-order valence-corrected chi connectivity index (χ4v) is 2.56. The molecular formula is C12H7Br3N2O2. The molecular weight excluding hydrogens is 444 g/mol. The summed E-state index contributed by atoms with van der Waals surface area (Å²) >= 11 is 10.00. The predicted molar refractivity (Wildman–Crippen MR) is 85.9 cm³/mol. The molecule has 0 heterocycles. The molecule has 0 aliphatic heterocycles. The third kappa shape index (κ3) is 3.55. The topological polar surface area (TPSA) is 55.2 Å². The third-order valence-electron chi connectivity index (χ3n) is 2.35. The van der Waals surface area contributed by atoms with Crippen molar-refractivity contribution in [3.63, 3.8) is 0 Å². The molecule has 0 radical (unpaired) electrons. The van der Waals surface area contributed by atoms with Gasteiger partial charge in [0.2, 0.25) is 0 Å². The van der Waals surface area contributed by atoms with Gasteiger partial charge in [-0.25, -0.2) is 0 Å². The van der Waals surface area contributed by atoms with Crippen LogP contribution in [0.4, 0.5) is 17.1 Å². The van der Waals surface area contributed by atoms with Crippen molar-refractivity contribution in [2.45, 2.75) is 0 Å². The second kappa shape index (κ2) is 6.02. The van der Waals surface area contributed by atoms with Crippen molar-refractivity contribution in [3.05, 3.63) is 59.9 Å². The molecule has 2 rings (SSSR count). The maximum atomic E-state index is 11.0. The SMILES string of the molecule is O=[N+]([O-])c1cc(Br)ccc1Nc1cc(Br)ccc1Br. The Labute approximate surface area is 134 Å². The first kappa shape index (κ1) is 14.5. The van der Waals surface area contributed by atoms with E-state index in [0.29, 0.717) is 10.2 Å². The minimum Gasteiger partial charge on any atom is -0.349 e. The first-order valence-corrected chi connectivity index (χ1v) is 7.51. The Morgan fingerprint density at radius 2 is 1.58 bits per heavy atom. The molecule has 0 fully saturated rings. The van der Waals surface area contributed by atoms with Crippen LogP contribution in [0.1, 0.15) is 0 Å². The van der Waals surface area contributed by atoms with Gasteiger partial charge in [0.1, 0.15) is 5.69 Å². The summed E-state index contributed by atoms with van der Waals surface area (Å²) in [6, 6.07) is 10.5. The highest BCUT2D eigenvalue weighted by molar-refractivity contribution is 9.11. The minimum atomic E-state index is -0.418. The van der Waals surface area contributed by atoms with Gasteiger partial charge in [-0.15, -0.1) is 0 Å². The summed E-state index contributed by atoms with van der Waals surface area (Å²) in [5.41, 5.74) is 1.20. The van der Waals surface area contributed by atoms with Crippen LogP contribution in [0.25, 0.3) is 0 Å². The molecule has 0 amide bonds. The van der Waals surface area contributed by atoms with Crippen LogP contribution in [0.5, 0.6) is 0 Å². The predicted octanol–water partition coefficient (Wildman–Crippen LogP) is 5.63. The van der Waals surface area contributed by atoms with Gasteiger partial charge in [0.25, 0.3) is 5.69 Å². The average Bonchev–Trinajstić information content (AvgIpc) is 2.35. The lowest BCUT2D eigenvalue weighted by molar-refractivity contribution is -0.384. The minimum absolute atomic E-state index is 0.0150. The maximum Gasteiger partial charge on any atom is 0.293 e. The van der Waals surface area contributed by atoms with E-state index in [-0.39, 0.29) is 5.69 Å². The number of halogens is 3. The van der Waals surface area contributed by atoms with Crippen LogP contribution in [0.15, 0.2) is 49.8 Å². The Morgan fingerprint density at radius 3 is 2.26 bits per heavy atom. The molecule has 0 bridgehead atoms. The number of benzene rings is 2. The van der Waals surface area contributed by atoms with Crippen LogP contribution in [0, 0.1) is 10.1 Å². The van der Waals surface area contributed by atoms with Gasteiger partial charge in [-0.3, -0.25) is 10.1 Å². The van der Waals surface area contributed by atoms with E-state index in [1.807, 2.05) is 18.2 Å². The largest absolute Gasteiger partial charge is 0.349 e. The summed E-state index contributed by atoms with van der Waals surface area (Å²) in [4.78, 5) is 10.6. The molecule has 2 aromatic rings. The molecule has 0 unspecified atom stereocenters. The van der Waals surface area contributed by atoms with Gasteiger partial charge in [-0.2, -0.15) is 0 Å². The molecule has 98 valence electrons. The van der Waals surface area contributed by atoms with E-state index in [1.54, 1.807) is 12.1 Å². The number of rotatable bonds is 3. The molecule has 7 heteroatoms. The third-order valence-corrected chi connectivity index (χ3v) is 4.03. The van der Waals surface area contributed by atoms with Gasteiger partial charge >= 0.3 is 0 Å². The summed E-state index contributed by atoms with van der Waals surface area (Å²) in [6.07, 6.45) is 0. The van der Waals surface area contributed by atoms with E-state index in [9.17, 15) is 10.1 Å². The van der Waals surface area contributed by atoms with Crippen molar-refractivity contribution in [2.24, 2.45) is 0 Å². The lowest BCUT2D eigenvalue weighted by atomic mass is 10.2. The van der Waals surface area contributed by atoms with Crippen molar-refractivity contribution in [1.82, 2.24) is 0 Å². The smallest absolute Gasteiger partial charge is 0.293 e. The molecule has 0 spiro atoms. The zero-order valence-corrected chi connectivity index (χ0v) is 14.1. The molecule has 0 aliphatic carbocycles. The fraction of sp³-hybridized carbons (Fsp3) is 0. The maximum absolute atomic E-state index is 11.0. The monoisotopic (exact) mass is 448 g/mol. The highest BCUT2D eigenvalue weighted by atomic mass is 79.9. The van der Waals surface area contributed by atoms with E-state index in [2.05, 4.69) is 53.1 Å². The summed E-state index contributed by atoms with van der Waals surface area (Å²) in [5, 5.41) is 14.1. The van der Waals surface area contributed by atoms with Crippen LogP contribution in [-0.2, 0) is 0 Å². The van der Waals surface area contributed by atoms with Crippen molar-refractivity contribution in [1.29, 1.82) is 0 Å². The van der Waals surface area contributed by atoms with Gasteiger partial charge in [0.05, 0.1) is 10.6 Å². The Hall–Kier alpha value is -0.920. The quantitative estimate of drug-likeness (QED) is 0.487. The van der Waals surface area contributed by atoms with Gasteiger partial charge in [0, 0.05) is 19.5 Å². The van der Waals surface area contributed by atoms with Crippen LogP contribution in [0.3, 0.4) is 0 Å². The first-order valence-electron chi connectivity index (χ1n) is 5.13. The van der Waals surface area contributed by atoms with E-state index >= 15 is 0 Å². The highest BCUT2D eigenvalue weighted by Gasteiger charge is 2.15. The van der Waals surface area contributed by atoms with Gasteiger partial charge < -0.3 is 5.32 Å². The lowest BCUT2D eigenvalue weighted by Gasteiger charge is -2.09. The van der Waals surface area contributed by atoms with E-state index < -0.39 is 4.92 Å². The molecule has 19 heavy (non-hydrogen) atoms. The molecule has 0 saturated carbocycles. The van der Waals surface area contributed by atoms with Crippen LogP contribution >= 0.6 is 47.8 Å². The lowest BCUT2D eigenvalue weighted by Crippen LogP contribution is -1.97. The van der Waals surface area contributed by atoms with Gasteiger partial charge in [0.15, 0.2) is 0 Å². The average molecular weight is 451 g/mol. The van der Waals surface area contributed by atoms with Gasteiger partial charge in [-0.1, -0.05) is 31.9 Å². The van der Waals surface area contributed by atoms with Crippen molar-refractivity contribution >= 4 is 64.9 Å². The second-order valence-corrected chi connectivity index (χ2v) is 6.35. The summed E-state index contributed by atoms with van der Waals surface area (Å²) in [7, 11) is 0. The van der Waals surface area contributed by atoms with Crippen LogP contribution in [-0.4, -0.2) is 4.92 Å². The second-order valence-electron chi connectivity index (χ2n) is 3.67. The Kier molecular flexibility index (Phi) is 4.59. The molecule has 0 aromatic heterocycles. The number of nitrogens with zero attached hydrogens (tertiary/aromatic N) is 1. The zero-order valence-electron chi connectivity index (χ0n) is 9.36. The molecule has 0 atom stereocenters. The number of hydrogen-bond donors (Lipinski definition) is 1. The van der Waals surface area contributed by atoms with E-state index in [0.717, 1.165) is 14.6 Å². The number of anilines is 2. The number of nitrogens with one attached hydrogen (secondary N) is 1. The van der Waals surface area contributed by atoms with Gasteiger partial charge in [-0.05, 0) is 46.3 Å². The highest BCUT2D eigenvalue weighted by Crippen LogP contribution is 2.34. The number of nitro groups is 1. The molecule has 0 aliphatic rings. The Bertz CT molecular complexity index is 647. The van der Waals surface area contributed by atoms with E-state index in [4.69, 9.17) is 0 Å². The Morgan fingerprint density at radius 1 is 0.947 bits per heavy atom. The summed E-state index contributed by atoms with van der Waals surface area (Å²) in [6.45, 7) is 0. The molecule has 1 N–H and O–H groups in total. The van der Waals surface area contributed by atoms with E-state index in [1.165, 1.54) is 6.07 Å². The zero-order chi connectivity index (χ0) is 14.0. The number of nitro benzene ring substituents is 1. The van der Waals surface area contributed by atoms with Crippen molar-refractivity contribution in [2.75, 3.05) is 5.32 Å². The first-order chi connectivity index (χ1) is 8.97. The Balaban J connectivity index is 2.43. The standard InChI is InChI=1S/C12H7Br3N2O2/c13-7-1-3-9(15)11(5-7)16-10-4-2-8(14)6-12(10)17(18)19/h1-6,16H. The van der Waals surface area contributed by atoms with Crippen molar-refractivity contribution < 1.29 is 4.92 Å². The van der Waals surface area contributed by atoms with Crippen LogP contribution < -0.4 is 5.32 Å². The summed E-state index contributed by atoms with van der Waals surface area (Å²) in [5.74, 6) is 0. The normalized spacial score (nSPS) is 10.3. The van der Waals surface area contributed by atoms with Crippen molar-refractivity contribution in [3.8, 4) is 0 Å².